The average molecular weight is 306 g/mol. The van der Waals surface area contributed by atoms with Crippen molar-refractivity contribution in [3.05, 3.63) is 84.3 Å². The number of hydrogen-bond acceptors (Lipinski definition) is 5. The summed E-state index contributed by atoms with van der Waals surface area (Å²) in [5.74, 6) is 2.44. The van der Waals surface area contributed by atoms with Gasteiger partial charge in [-0.15, -0.1) is 0 Å². The Bertz CT molecular complexity index is 714. The highest BCUT2D eigenvalue weighted by atomic mass is 16.6. The van der Waals surface area contributed by atoms with E-state index in [1.165, 1.54) is 12.4 Å². The van der Waals surface area contributed by atoms with E-state index in [4.69, 9.17) is 14.1 Å². The van der Waals surface area contributed by atoms with E-state index in [2.05, 4.69) is 10.3 Å². The highest BCUT2D eigenvalue weighted by molar-refractivity contribution is 5.80. The number of nitrogens with zero attached hydrogens (tertiary/aromatic N) is 2. The minimum atomic E-state index is 0.557. The summed E-state index contributed by atoms with van der Waals surface area (Å²) in [7, 11) is 0. The van der Waals surface area contributed by atoms with Gasteiger partial charge in [-0.1, -0.05) is 46.7 Å². The molecule has 3 aromatic rings. The maximum atomic E-state index is 5.50. The van der Waals surface area contributed by atoms with Gasteiger partial charge in [0.25, 0.3) is 0 Å². The summed E-state index contributed by atoms with van der Waals surface area (Å²) in [6, 6.07) is 22.1. The van der Waals surface area contributed by atoms with Crippen molar-refractivity contribution < 1.29 is 14.1 Å². The fourth-order valence-corrected chi connectivity index (χ4v) is 1.75. The smallest absolute Gasteiger partial charge is 0.157 e. The molecule has 2 aromatic carbocycles. The molecule has 0 bridgehead atoms. The molecule has 5 heteroatoms. The summed E-state index contributed by atoms with van der Waals surface area (Å²) >= 11 is 0. The summed E-state index contributed by atoms with van der Waals surface area (Å²) in [6.07, 6.45) is 2.98. The number of para-hydroxylation sites is 2. The molecule has 1 aromatic heterocycles. The van der Waals surface area contributed by atoms with Crippen LogP contribution < -0.4 is 9.68 Å². The van der Waals surface area contributed by atoms with E-state index in [0.29, 0.717) is 23.0 Å². The van der Waals surface area contributed by atoms with E-state index < -0.39 is 0 Å². The van der Waals surface area contributed by atoms with E-state index >= 15 is 0 Å². The highest BCUT2D eigenvalue weighted by Crippen LogP contribution is 2.10. The minimum absolute atomic E-state index is 0.557. The van der Waals surface area contributed by atoms with Crippen LogP contribution in [0, 0.1) is 0 Å². The molecular weight excluding hydrogens is 292 g/mol. The molecule has 3 rings (SSSR count). The van der Waals surface area contributed by atoms with Crippen LogP contribution in [-0.2, 0) is 0 Å². The lowest BCUT2D eigenvalue weighted by atomic mass is 10.3. The Morgan fingerprint density at radius 3 is 1.48 bits per heavy atom. The van der Waals surface area contributed by atoms with Gasteiger partial charge in [-0.2, -0.15) is 0 Å². The molecule has 0 unspecified atom stereocenters. The predicted molar refractivity (Wildman–Crippen MR) is 88.0 cm³/mol. The second-order valence-electron chi connectivity index (χ2n) is 4.52. The van der Waals surface area contributed by atoms with Crippen LogP contribution in [0.15, 0.2) is 87.5 Å². The fraction of sp³-hybridized carbons (Fsp3) is 0. The van der Waals surface area contributed by atoms with Gasteiger partial charge >= 0.3 is 0 Å². The fourth-order valence-electron chi connectivity index (χ4n) is 1.75. The van der Waals surface area contributed by atoms with Crippen LogP contribution >= 0.6 is 0 Å². The first-order valence-corrected chi connectivity index (χ1v) is 7.01. The number of rotatable bonds is 6. The standard InChI is InChI=1S/C18H14N2O3/c1-3-7-15(8-4-1)22-19-13-17-11-12-18(21-17)14-20-23-16-9-5-2-6-10-16/h1-14H/b19-13+,20-14+. The number of furan rings is 1. The van der Waals surface area contributed by atoms with Gasteiger partial charge in [0.15, 0.2) is 11.5 Å². The van der Waals surface area contributed by atoms with Crippen molar-refractivity contribution in [2.75, 3.05) is 0 Å². The Morgan fingerprint density at radius 2 is 1.04 bits per heavy atom. The van der Waals surface area contributed by atoms with Crippen LogP contribution in [0.5, 0.6) is 11.5 Å². The van der Waals surface area contributed by atoms with E-state index in [-0.39, 0.29) is 0 Å². The summed E-state index contributed by atoms with van der Waals surface area (Å²) in [5.41, 5.74) is 0. The summed E-state index contributed by atoms with van der Waals surface area (Å²) < 4.78 is 5.50. The zero-order valence-corrected chi connectivity index (χ0v) is 12.2. The molecule has 0 aliphatic rings. The van der Waals surface area contributed by atoms with Crippen molar-refractivity contribution in [1.82, 2.24) is 0 Å². The minimum Gasteiger partial charge on any atom is -0.454 e. The molecule has 0 N–H and O–H groups in total. The summed E-state index contributed by atoms with van der Waals surface area (Å²) in [6.45, 7) is 0. The van der Waals surface area contributed by atoms with Crippen LogP contribution in [0.4, 0.5) is 0 Å². The van der Waals surface area contributed by atoms with Crippen LogP contribution in [0.25, 0.3) is 0 Å². The predicted octanol–water partition coefficient (Wildman–Crippen LogP) is 4.11. The third kappa shape index (κ3) is 4.57. The molecule has 1 heterocycles. The van der Waals surface area contributed by atoms with E-state index in [0.717, 1.165) is 0 Å². The topological polar surface area (TPSA) is 56.3 Å². The molecule has 0 saturated heterocycles. The molecule has 0 aliphatic carbocycles. The summed E-state index contributed by atoms with van der Waals surface area (Å²) in [4.78, 5) is 10.4. The zero-order chi connectivity index (χ0) is 15.7. The Hall–Kier alpha value is -3.34. The van der Waals surface area contributed by atoms with Crippen molar-refractivity contribution in [2.45, 2.75) is 0 Å². The molecular formula is C18H14N2O3. The number of hydrogen-bond donors (Lipinski definition) is 0. The molecule has 0 fully saturated rings. The van der Waals surface area contributed by atoms with Gasteiger partial charge in [-0.3, -0.25) is 0 Å². The first-order chi connectivity index (χ1) is 11.4. The molecule has 0 atom stereocenters. The van der Waals surface area contributed by atoms with E-state index in [9.17, 15) is 0 Å². The lowest BCUT2D eigenvalue weighted by Crippen LogP contribution is -1.85. The van der Waals surface area contributed by atoms with Gasteiger partial charge < -0.3 is 14.1 Å². The van der Waals surface area contributed by atoms with Gasteiger partial charge in [-0.05, 0) is 36.4 Å². The SMILES string of the molecule is C(=N\Oc1ccccc1)/c1ccc(/C=N/Oc2ccccc2)o1. The second-order valence-corrected chi connectivity index (χ2v) is 4.52. The third-order valence-corrected chi connectivity index (χ3v) is 2.81. The Labute approximate surface area is 133 Å². The molecule has 0 aliphatic heterocycles. The van der Waals surface area contributed by atoms with Crippen molar-refractivity contribution in [3.8, 4) is 11.5 Å². The molecule has 114 valence electrons. The number of oxime groups is 2. The van der Waals surface area contributed by atoms with Gasteiger partial charge in [0.2, 0.25) is 0 Å². The van der Waals surface area contributed by atoms with E-state index in [1.807, 2.05) is 60.7 Å². The van der Waals surface area contributed by atoms with Crippen LogP contribution in [0.3, 0.4) is 0 Å². The normalized spacial score (nSPS) is 11.1. The molecule has 0 radical (unpaired) electrons. The highest BCUT2D eigenvalue weighted by Gasteiger charge is 1.98. The Morgan fingerprint density at radius 1 is 0.609 bits per heavy atom. The average Bonchev–Trinajstić information content (AvgIpc) is 3.05. The van der Waals surface area contributed by atoms with Crippen LogP contribution in [0.1, 0.15) is 11.5 Å². The maximum absolute atomic E-state index is 5.50. The van der Waals surface area contributed by atoms with Gasteiger partial charge in [0.05, 0.1) is 0 Å². The van der Waals surface area contributed by atoms with Crippen molar-refractivity contribution in [3.63, 3.8) is 0 Å². The summed E-state index contributed by atoms with van der Waals surface area (Å²) in [5, 5.41) is 7.72. The molecule has 0 saturated carbocycles. The van der Waals surface area contributed by atoms with Crippen molar-refractivity contribution in [1.29, 1.82) is 0 Å². The first-order valence-electron chi connectivity index (χ1n) is 7.01. The molecule has 23 heavy (non-hydrogen) atoms. The van der Waals surface area contributed by atoms with Gasteiger partial charge in [0, 0.05) is 0 Å². The monoisotopic (exact) mass is 306 g/mol. The lowest BCUT2D eigenvalue weighted by Gasteiger charge is -1.95. The van der Waals surface area contributed by atoms with Crippen molar-refractivity contribution in [2.24, 2.45) is 10.3 Å². The third-order valence-electron chi connectivity index (χ3n) is 2.81. The first kappa shape index (κ1) is 14.6. The van der Waals surface area contributed by atoms with E-state index in [1.54, 1.807) is 12.1 Å². The molecule has 0 amide bonds. The van der Waals surface area contributed by atoms with Gasteiger partial charge in [0.1, 0.15) is 23.9 Å². The van der Waals surface area contributed by atoms with Crippen LogP contribution in [0.2, 0.25) is 0 Å². The second kappa shape index (κ2) is 7.61. The Balaban J connectivity index is 1.53. The maximum Gasteiger partial charge on any atom is 0.157 e. The quantitative estimate of drug-likeness (QED) is 0.509. The Kier molecular flexibility index (Phi) is 4.83. The lowest BCUT2D eigenvalue weighted by molar-refractivity contribution is 0.341. The van der Waals surface area contributed by atoms with Gasteiger partial charge in [-0.25, -0.2) is 0 Å². The molecule has 0 spiro atoms. The number of benzene rings is 2. The largest absolute Gasteiger partial charge is 0.454 e. The zero-order valence-electron chi connectivity index (χ0n) is 12.2. The van der Waals surface area contributed by atoms with Crippen molar-refractivity contribution >= 4 is 12.4 Å². The molecule has 5 nitrogen and oxygen atoms in total. The van der Waals surface area contributed by atoms with Crippen LogP contribution in [-0.4, -0.2) is 12.4 Å².